The molecule has 2 heteroatoms. The molecule has 74 valence electrons. The first kappa shape index (κ1) is 10.5. The second-order valence-corrected chi connectivity index (χ2v) is 5.07. The van der Waals surface area contributed by atoms with Crippen LogP contribution in [0.4, 0.5) is 0 Å². The zero-order chi connectivity index (χ0) is 10.2. The minimum Gasteiger partial charge on any atom is -0.319 e. The Hall–Kier alpha value is -0.630. The van der Waals surface area contributed by atoms with E-state index in [2.05, 4.69) is 20.8 Å². The first-order valence-electron chi connectivity index (χ1n) is 4.89. The Morgan fingerprint density at radius 1 is 1.46 bits per heavy atom. The summed E-state index contributed by atoms with van der Waals surface area (Å²) < 4.78 is 0. The molecule has 0 amide bonds. The number of quaternary nitrogens is 1. The van der Waals surface area contributed by atoms with Crippen LogP contribution in [0.15, 0.2) is 11.6 Å². The fourth-order valence-corrected chi connectivity index (χ4v) is 1.96. The normalized spacial score (nSPS) is 30.2. The van der Waals surface area contributed by atoms with E-state index in [0.717, 1.165) is 6.54 Å². The van der Waals surface area contributed by atoms with Gasteiger partial charge in [0.1, 0.15) is 6.04 Å². The molecule has 0 aromatic rings. The summed E-state index contributed by atoms with van der Waals surface area (Å²) in [5, 5.41) is 0. The van der Waals surface area contributed by atoms with E-state index in [1.807, 2.05) is 13.8 Å². The van der Waals surface area contributed by atoms with Crippen LogP contribution in [0.3, 0.4) is 0 Å². The summed E-state index contributed by atoms with van der Waals surface area (Å²) in [6.07, 6.45) is 1.79. The molecule has 0 bridgehead atoms. The number of ketones is 1. The topological polar surface area (TPSA) is 21.5 Å². The number of hydrogen-bond donors (Lipinski definition) is 1. The van der Waals surface area contributed by atoms with Crippen molar-refractivity contribution in [2.24, 2.45) is 0 Å². The van der Waals surface area contributed by atoms with E-state index >= 15 is 0 Å². The van der Waals surface area contributed by atoms with E-state index in [9.17, 15) is 4.79 Å². The average Bonchev–Trinajstić information content (AvgIpc) is 1.94. The molecule has 0 spiro atoms. The Morgan fingerprint density at radius 2 is 2.00 bits per heavy atom. The van der Waals surface area contributed by atoms with Gasteiger partial charge in [-0.1, -0.05) is 0 Å². The van der Waals surface area contributed by atoms with Crippen molar-refractivity contribution in [3.63, 3.8) is 0 Å². The van der Waals surface area contributed by atoms with Crippen molar-refractivity contribution < 1.29 is 9.69 Å². The summed E-state index contributed by atoms with van der Waals surface area (Å²) in [7, 11) is 0. The Morgan fingerprint density at radius 3 is 2.46 bits per heavy atom. The largest absolute Gasteiger partial charge is 0.319 e. The molecule has 1 N–H and O–H groups in total. The zero-order valence-corrected chi connectivity index (χ0v) is 9.27. The maximum Gasteiger partial charge on any atom is 0.212 e. The Balaban J connectivity index is 2.91. The molecule has 0 aromatic carbocycles. The summed E-state index contributed by atoms with van der Waals surface area (Å²) in [5.41, 5.74) is 1.36. The van der Waals surface area contributed by atoms with E-state index < -0.39 is 0 Å². The summed E-state index contributed by atoms with van der Waals surface area (Å²) in [6, 6.07) is 0.115. The molecule has 13 heavy (non-hydrogen) atoms. The Labute approximate surface area is 80.6 Å². The van der Waals surface area contributed by atoms with Gasteiger partial charge in [-0.3, -0.25) is 4.79 Å². The van der Waals surface area contributed by atoms with E-state index in [1.54, 1.807) is 6.08 Å². The number of carbonyl (C=O) groups is 1. The Kier molecular flexibility index (Phi) is 2.62. The van der Waals surface area contributed by atoms with Gasteiger partial charge >= 0.3 is 0 Å². The van der Waals surface area contributed by atoms with Gasteiger partial charge in [-0.15, -0.1) is 0 Å². The van der Waals surface area contributed by atoms with Crippen LogP contribution in [0.25, 0.3) is 0 Å². The maximum absolute atomic E-state index is 11.6. The molecule has 1 heterocycles. The van der Waals surface area contributed by atoms with Gasteiger partial charge in [-0.2, -0.15) is 0 Å². The average molecular weight is 182 g/mol. The van der Waals surface area contributed by atoms with Crippen LogP contribution in [-0.4, -0.2) is 23.9 Å². The molecule has 0 radical (unpaired) electrons. The van der Waals surface area contributed by atoms with E-state index in [0.29, 0.717) is 0 Å². The lowest BCUT2D eigenvalue weighted by atomic mass is 9.96. The third-order valence-corrected chi connectivity index (χ3v) is 2.77. The predicted molar refractivity (Wildman–Crippen MR) is 53.8 cm³/mol. The highest BCUT2D eigenvalue weighted by molar-refractivity contribution is 5.94. The van der Waals surface area contributed by atoms with Crippen molar-refractivity contribution in [1.82, 2.24) is 0 Å². The summed E-state index contributed by atoms with van der Waals surface area (Å²) >= 11 is 0. The summed E-state index contributed by atoms with van der Waals surface area (Å²) in [4.78, 5) is 12.9. The molecule has 0 saturated carbocycles. The molecule has 0 aliphatic carbocycles. The number of hydrogen-bond acceptors (Lipinski definition) is 1. The van der Waals surface area contributed by atoms with Crippen LogP contribution < -0.4 is 4.90 Å². The lowest BCUT2D eigenvalue weighted by Gasteiger charge is -2.38. The monoisotopic (exact) mass is 182 g/mol. The molecule has 0 fully saturated rings. The third-order valence-electron chi connectivity index (χ3n) is 2.77. The molecule has 0 aromatic heterocycles. The van der Waals surface area contributed by atoms with Crippen LogP contribution in [0.5, 0.6) is 0 Å². The summed E-state index contributed by atoms with van der Waals surface area (Å²) in [6.45, 7) is 11.6. The fourth-order valence-electron chi connectivity index (χ4n) is 1.96. The minimum absolute atomic E-state index is 0.115. The van der Waals surface area contributed by atoms with Gasteiger partial charge in [0.2, 0.25) is 5.78 Å². The zero-order valence-electron chi connectivity index (χ0n) is 9.27. The van der Waals surface area contributed by atoms with Crippen molar-refractivity contribution in [1.29, 1.82) is 0 Å². The highest BCUT2D eigenvalue weighted by Gasteiger charge is 2.36. The predicted octanol–water partition coefficient (Wildman–Crippen LogP) is 0.587. The fraction of sp³-hybridized carbons (Fsp3) is 0.727. The van der Waals surface area contributed by atoms with Crippen molar-refractivity contribution in [2.45, 2.75) is 46.2 Å². The molecular formula is C11H20NO+. The summed E-state index contributed by atoms with van der Waals surface area (Å²) in [5.74, 6) is 0.272. The number of rotatable bonds is 0. The van der Waals surface area contributed by atoms with Gasteiger partial charge in [-0.05, 0) is 46.3 Å². The van der Waals surface area contributed by atoms with Gasteiger partial charge < -0.3 is 4.90 Å². The van der Waals surface area contributed by atoms with Gasteiger partial charge in [0.05, 0.1) is 12.1 Å². The quantitative estimate of drug-likeness (QED) is 0.581. The van der Waals surface area contributed by atoms with Crippen molar-refractivity contribution in [3.05, 3.63) is 11.6 Å². The molecule has 1 aliphatic heterocycles. The van der Waals surface area contributed by atoms with Crippen LogP contribution in [-0.2, 0) is 4.79 Å². The first-order valence-corrected chi connectivity index (χ1v) is 4.89. The second kappa shape index (κ2) is 3.26. The van der Waals surface area contributed by atoms with Gasteiger partial charge in [0, 0.05) is 0 Å². The van der Waals surface area contributed by atoms with Crippen molar-refractivity contribution >= 4 is 5.78 Å². The van der Waals surface area contributed by atoms with Crippen LogP contribution in [0.2, 0.25) is 0 Å². The molecular weight excluding hydrogens is 162 g/mol. The standard InChI is InChI=1S/C11H19NO/c1-8-6-10(13)9(2)12(7-8)11(3,4)5/h6,9H,7H2,1-5H3/p+1/t9-/m1/s1. The number of nitrogens with one attached hydrogen (secondary N) is 1. The lowest BCUT2D eigenvalue weighted by molar-refractivity contribution is -0.956. The van der Waals surface area contributed by atoms with Gasteiger partial charge in [0.25, 0.3) is 0 Å². The highest BCUT2D eigenvalue weighted by atomic mass is 16.1. The second-order valence-electron chi connectivity index (χ2n) is 5.07. The van der Waals surface area contributed by atoms with Crippen LogP contribution in [0, 0.1) is 0 Å². The molecule has 0 saturated heterocycles. The molecule has 2 nitrogen and oxygen atoms in total. The van der Waals surface area contributed by atoms with Crippen LogP contribution >= 0.6 is 0 Å². The van der Waals surface area contributed by atoms with Crippen LogP contribution in [0.1, 0.15) is 34.6 Å². The van der Waals surface area contributed by atoms with E-state index in [1.165, 1.54) is 10.5 Å². The van der Waals surface area contributed by atoms with E-state index in [-0.39, 0.29) is 17.4 Å². The smallest absolute Gasteiger partial charge is 0.212 e. The van der Waals surface area contributed by atoms with Gasteiger partial charge in [0.15, 0.2) is 0 Å². The molecule has 1 aliphatic rings. The van der Waals surface area contributed by atoms with Gasteiger partial charge in [-0.25, -0.2) is 0 Å². The van der Waals surface area contributed by atoms with Crippen molar-refractivity contribution in [2.75, 3.05) is 6.54 Å². The SMILES string of the molecule is CC1=CC(=O)[C@@H](C)[NH+](C(C)(C)C)C1. The molecule has 1 rings (SSSR count). The highest BCUT2D eigenvalue weighted by Crippen LogP contribution is 2.03. The Bertz CT molecular complexity index is 247. The maximum atomic E-state index is 11.6. The van der Waals surface area contributed by atoms with E-state index in [4.69, 9.17) is 0 Å². The first-order chi connectivity index (χ1) is 5.82. The third kappa shape index (κ3) is 2.19. The molecule has 1 unspecified atom stereocenters. The lowest BCUT2D eigenvalue weighted by Crippen LogP contribution is -3.23. The number of carbonyl (C=O) groups excluding carboxylic acids is 1. The minimum atomic E-state index is 0.115. The van der Waals surface area contributed by atoms with Crippen molar-refractivity contribution in [3.8, 4) is 0 Å². The molecule has 2 atom stereocenters.